The van der Waals surface area contributed by atoms with E-state index in [2.05, 4.69) is 4.98 Å². The molecule has 23 heavy (non-hydrogen) atoms. The summed E-state index contributed by atoms with van der Waals surface area (Å²) in [7, 11) is 0. The van der Waals surface area contributed by atoms with E-state index in [0.717, 1.165) is 0 Å². The normalized spacial score (nSPS) is 15.7. The average molecular weight is 317 g/mol. The summed E-state index contributed by atoms with van der Waals surface area (Å²) in [5, 5.41) is 20.6. The number of hydrogen-bond acceptors (Lipinski definition) is 4. The summed E-state index contributed by atoms with van der Waals surface area (Å²) < 4.78 is 0. The highest BCUT2D eigenvalue weighted by Gasteiger charge is 2.28. The first-order valence-corrected chi connectivity index (χ1v) is 7.25. The summed E-state index contributed by atoms with van der Waals surface area (Å²) in [6.07, 6.45) is 0.836. The number of non-ortho nitro benzene ring substituents is 1. The average Bonchev–Trinajstić information content (AvgIpc) is 2.97. The van der Waals surface area contributed by atoms with Gasteiger partial charge in [0.05, 0.1) is 10.8 Å². The summed E-state index contributed by atoms with van der Waals surface area (Å²) in [6.45, 7) is 0.737. The first-order valence-electron chi connectivity index (χ1n) is 7.25. The molecule has 0 bridgehead atoms. The fourth-order valence-electron chi connectivity index (χ4n) is 2.91. The summed E-state index contributed by atoms with van der Waals surface area (Å²) in [5.41, 5.74) is 0.524. The number of likely N-dealkylation sites (tertiary alicyclic amines) is 1. The van der Waals surface area contributed by atoms with Crippen molar-refractivity contribution in [1.29, 1.82) is 0 Å². The van der Waals surface area contributed by atoms with E-state index in [1.54, 1.807) is 23.1 Å². The van der Waals surface area contributed by atoms with Crippen LogP contribution in [0.2, 0.25) is 0 Å². The molecule has 2 N–H and O–H groups in total. The van der Waals surface area contributed by atoms with Gasteiger partial charge in [-0.25, -0.2) is 0 Å². The Bertz CT molecular complexity index is 790. The van der Waals surface area contributed by atoms with Gasteiger partial charge in [-0.05, 0) is 18.9 Å². The Hall–Kier alpha value is -2.90. The Morgan fingerprint density at radius 3 is 2.61 bits per heavy atom. The number of aliphatic carboxylic acids is 1. The van der Waals surface area contributed by atoms with Gasteiger partial charge in [-0.15, -0.1) is 0 Å². The minimum Gasteiger partial charge on any atom is -0.481 e. The number of nitro benzene ring substituents is 1. The van der Waals surface area contributed by atoms with Crippen molar-refractivity contribution in [3.63, 3.8) is 0 Å². The number of carbonyl (C=O) groups excluding carboxylic acids is 1. The Kier molecular flexibility index (Phi) is 3.73. The minimum atomic E-state index is -0.835. The fraction of sp³-hybridized carbons (Fsp3) is 0.333. The van der Waals surface area contributed by atoms with Crippen molar-refractivity contribution in [2.45, 2.75) is 12.8 Å². The molecule has 2 heterocycles. The number of carbonyl (C=O) groups is 2. The van der Waals surface area contributed by atoms with Crippen LogP contribution >= 0.6 is 0 Å². The van der Waals surface area contributed by atoms with Crippen LogP contribution in [0.5, 0.6) is 0 Å². The van der Waals surface area contributed by atoms with Crippen LogP contribution in [-0.2, 0) is 4.79 Å². The van der Waals surface area contributed by atoms with Gasteiger partial charge >= 0.3 is 5.97 Å². The highest BCUT2D eigenvalue weighted by atomic mass is 16.6. The van der Waals surface area contributed by atoms with Crippen LogP contribution < -0.4 is 0 Å². The second-order valence-electron chi connectivity index (χ2n) is 5.59. The molecule has 1 aromatic carbocycles. The number of aromatic nitrogens is 1. The molecular formula is C15H15N3O5. The summed E-state index contributed by atoms with van der Waals surface area (Å²) in [6, 6.07) is 6.24. The Balaban J connectivity index is 1.83. The number of rotatable bonds is 3. The Labute approximate surface area is 130 Å². The van der Waals surface area contributed by atoms with E-state index < -0.39 is 16.8 Å². The van der Waals surface area contributed by atoms with Crippen LogP contribution in [-0.4, -0.2) is 44.9 Å². The van der Waals surface area contributed by atoms with Crippen molar-refractivity contribution in [3.05, 3.63) is 40.1 Å². The molecule has 2 aromatic rings. The lowest BCUT2D eigenvalue weighted by Gasteiger charge is -2.29. The molecule has 1 aliphatic heterocycles. The highest BCUT2D eigenvalue weighted by molar-refractivity contribution is 6.00. The van der Waals surface area contributed by atoms with Gasteiger partial charge in [0.25, 0.3) is 11.6 Å². The highest BCUT2D eigenvalue weighted by Crippen LogP contribution is 2.26. The molecule has 3 rings (SSSR count). The molecule has 1 fully saturated rings. The van der Waals surface area contributed by atoms with E-state index in [-0.39, 0.29) is 17.3 Å². The largest absolute Gasteiger partial charge is 0.481 e. The quantitative estimate of drug-likeness (QED) is 0.663. The number of fused-ring (bicyclic) bond motifs is 1. The monoisotopic (exact) mass is 317 g/mol. The molecule has 1 aromatic heterocycles. The van der Waals surface area contributed by atoms with Gasteiger partial charge in [0.1, 0.15) is 11.2 Å². The van der Waals surface area contributed by atoms with Gasteiger partial charge in [-0.2, -0.15) is 0 Å². The molecule has 1 aliphatic rings. The van der Waals surface area contributed by atoms with E-state index in [1.165, 1.54) is 6.07 Å². The standard InChI is InChI=1S/C15H15N3O5/c19-14(17-6-4-9(5-7-17)15(20)21)11-8-10-2-1-3-12(18(22)23)13(10)16-11/h1-3,8-9,16H,4-7H2,(H,20,21). The van der Waals surface area contributed by atoms with Gasteiger partial charge in [0.15, 0.2) is 0 Å². The zero-order chi connectivity index (χ0) is 16.6. The maximum atomic E-state index is 12.5. The van der Waals surface area contributed by atoms with Crippen molar-refractivity contribution < 1.29 is 19.6 Å². The number of piperidine rings is 1. The summed E-state index contributed by atoms with van der Waals surface area (Å²) >= 11 is 0. The number of carboxylic acid groups (broad SMARTS) is 1. The fourth-order valence-corrected chi connectivity index (χ4v) is 2.91. The van der Waals surface area contributed by atoms with Gasteiger partial charge < -0.3 is 15.0 Å². The number of aromatic amines is 1. The molecule has 1 saturated heterocycles. The van der Waals surface area contributed by atoms with E-state index >= 15 is 0 Å². The van der Waals surface area contributed by atoms with Gasteiger partial charge in [0, 0.05) is 24.5 Å². The number of nitrogens with one attached hydrogen (secondary N) is 1. The van der Waals surface area contributed by atoms with E-state index in [1.807, 2.05) is 0 Å². The lowest BCUT2D eigenvalue weighted by Crippen LogP contribution is -2.40. The molecule has 0 aliphatic carbocycles. The number of H-pyrrole nitrogens is 1. The number of benzene rings is 1. The van der Waals surface area contributed by atoms with Crippen molar-refractivity contribution in [3.8, 4) is 0 Å². The summed E-state index contributed by atoms with van der Waals surface area (Å²) in [5.74, 6) is -1.51. The van der Waals surface area contributed by atoms with Crippen molar-refractivity contribution >= 4 is 28.5 Å². The van der Waals surface area contributed by atoms with Crippen LogP contribution in [0.15, 0.2) is 24.3 Å². The number of nitro groups is 1. The van der Waals surface area contributed by atoms with E-state index in [0.29, 0.717) is 36.8 Å². The third-order valence-corrected chi connectivity index (χ3v) is 4.19. The number of para-hydroxylation sites is 1. The van der Waals surface area contributed by atoms with Crippen molar-refractivity contribution in [2.24, 2.45) is 5.92 Å². The number of amides is 1. The third kappa shape index (κ3) is 2.75. The zero-order valence-electron chi connectivity index (χ0n) is 12.2. The van der Waals surface area contributed by atoms with Gasteiger partial charge in [-0.3, -0.25) is 19.7 Å². The second-order valence-corrected chi connectivity index (χ2v) is 5.59. The molecule has 8 heteroatoms. The first kappa shape index (κ1) is 15.0. The first-order chi connectivity index (χ1) is 11.0. The predicted molar refractivity (Wildman–Crippen MR) is 81.2 cm³/mol. The van der Waals surface area contributed by atoms with Crippen LogP contribution in [0.4, 0.5) is 5.69 Å². The van der Waals surface area contributed by atoms with E-state index in [4.69, 9.17) is 5.11 Å². The SMILES string of the molecule is O=C(O)C1CCN(C(=O)c2cc3cccc([N+](=O)[O-])c3[nH]2)CC1. The molecule has 0 spiro atoms. The molecule has 0 atom stereocenters. The second kappa shape index (κ2) is 5.71. The van der Waals surface area contributed by atoms with Crippen LogP contribution in [0.1, 0.15) is 23.3 Å². The predicted octanol–water partition coefficient (Wildman–Crippen LogP) is 2.01. The van der Waals surface area contributed by atoms with E-state index in [9.17, 15) is 19.7 Å². The van der Waals surface area contributed by atoms with Gasteiger partial charge in [0.2, 0.25) is 0 Å². The third-order valence-electron chi connectivity index (χ3n) is 4.19. The van der Waals surface area contributed by atoms with Gasteiger partial charge in [-0.1, -0.05) is 12.1 Å². The Morgan fingerprint density at radius 2 is 2.00 bits per heavy atom. The molecular weight excluding hydrogens is 302 g/mol. The smallest absolute Gasteiger partial charge is 0.306 e. The van der Waals surface area contributed by atoms with Crippen LogP contribution in [0, 0.1) is 16.0 Å². The molecule has 120 valence electrons. The molecule has 0 radical (unpaired) electrons. The molecule has 0 saturated carbocycles. The molecule has 8 nitrogen and oxygen atoms in total. The van der Waals surface area contributed by atoms with Crippen molar-refractivity contribution in [2.75, 3.05) is 13.1 Å². The number of carboxylic acids is 1. The lowest BCUT2D eigenvalue weighted by molar-refractivity contribution is -0.383. The van der Waals surface area contributed by atoms with Crippen LogP contribution in [0.3, 0.4) is 0 Å². The number of hydrogen-bond donors (Lipinski definition) is 2. The van der Waals surface area contributed by atoms with Crippen molar-refractivity contribution in [1.82, 2.24) is 9.88 Å². The Morgan fingerprint density at radius 1 is 1.30 bits per heavy atom. The van der Waals surface area contributed by atoms with Crippen LogP contribution in [0.25, 0.3) is 10.9 Å². The lowest BCUT2D eigenvalue weighted by atomic mass is 9.97. The summed E-state index contributed by atoms with van der Waals surface area (Å²) in [4.78, 5) is 38.4. The zero-order valence-corrected chi connectivity index (χ0v) is 12.2. The molecule has 0 unspecified atom stereocenters. The molecule has 1 amide bonds. The maximum absolute atomic E-state index is 12.5. The maximum Gasteiger partial charge on any atom is 0.306 e. The minimum absolute atomic E-state index is 0.0777. The topological polar surface area (TPSA) is 117 Å². The number of nitrogens with zero attached hydrogens (tertiary/aromatic N) is 2.